The van der Waals surface area contributed by atoms with Crippen LogP contribution in [0.1, 0.15) is 24.0 Å². The highest BCUT2D eigenvalue weighted by molar-refractivity contribution is 7.89. The molecule has 0 amide bonds. The number of nitrogens with one attached hydrogen (secondary N) is 2. The van der Waals surface area contributed by atoms with Gasteiger partial charge in [-0.05, 0) is 67.9 Å². The summed E-state index contributed by atoms with van der Waals surface area (Å²) in [5, 5.41) is 6.94. The number of thiazole rings is 1. The van der Waals surface area contributed by atoms with E-state index < -0.39 is 10.0 Å². The second-order valence-corrected chi connectivity index (χ2v) is 11.7. The maximum atomic E-state index is 13.0. The number of anilines is 3. The second kappa shape index (κ2) is 10.3. The zero-order valence-corrected chi connectivity index (χ0v) is 21.4. The van der Waals surface area contributed by atoms with E-state index in [0.717, 1.165) is 47.3 Å². The van der Waals surface area contributed by atoms with Gasteiger partial charge in [-0.2, -0.15) is 4.31 Å². The number of nitrogens with two attached hydrogens (primary N) is 1. The Morgan fingerprint density at radius 3 is 2.47 bits per heavy atom. The fourth-order valence-corrected chi connectivity index (χ4v) is 6.31. The highest BCUT2D eigenvalue weighted by Crippen LogP contribution is 2.26. The van der Waals surface area contributed by atoms with Gasteiger partial charge in [0.25, 0.3) is 0 Å². The van der Waals surface area contributed by atoms with Gasteiger partial charge in [0.15, 0.2) is 5.13 Å². The van der Waals surface area contributed by atoms with Crippen LogP contribution in [-0.2, 0) is 10.0 Å². The molecule has 186 valence electrons. The van der Waals surface area contributed by atoms with Gasteiger partial charge in [0, 0.05) is 36.7 Å². The van der Waals surface area contributed by atoms with Crippen LogP contribution in [0.3, 0.4) is 0 Å². The molecule has 0 radical (unpaired) electrons. The zero-order valence-electron chi connectivity index (χ0n) is 19.8. The summed E-state index contributed by atoms with van der Waals surface area (Å²) < 4.78 is 28.6. The van der Waals surface area contributed by atoms with Crippen molar-refractivity contribution in [2.24, 2.45) is 0 Å². The van der Waals surface area contributed by atoms with E-state index >= 15 is 0 Å². The average molecular weight is 522 g/mol. The quantitative estimate of drug-likeness (QED) is 0.334. The van der Waals surface area contributed by atoms with Gasteiger partial charge in [-0.25, -0.2) is 23.4 Å². The first-order valence-corrected chi connectivity index (χ1v) is 13.9. The summed E-state index contributed by atoms with van der Waals surface area (Å²) in [5.41, 5.74) is 9.27. The molecule has 2 aromatic heterocycles. The van der Waals surface area contributed by atoms with Gasteiger partial charge >= 0.3 is 0 Å². The van der Waals surface area contributed by atoms with Gasteiger partial charge in [-0.3, -0.25) is 0 Å². The van der Waals surface area contributed by atoms with Gasteiger partial charge in [-0.15, -0.1) is 0 Å². The summed E-state index contributed by atoms with van der Waals surface area (Å²) in [7, 11) is -1.88. The lowest BCUT2D eigenvalue weighted by atomic mass is 10.1. The van der Waals surface area contributed by atoms with Crippen molar-refractivity contribution in [2.45, 2.75) is 23.8 Å². The van der Waals surface area contributed by atoms with Crippen LogP contribution < -0.4 is 16.4 Å². The van der Waals surface area contributed by atoms with Crippen molar-refractivity contribution in [1.82, 2.24) is 24.6 Å². The van der Waals surface area contributed by atoms with Gasteiger partial charge in [0.2, 0.25) is 16.0 Å². The van der Waals surface area contributed by atoms with Crippen molar-refractivity contribution < 1.29 is 8.42 Å². The lowest BCUT2D eigenvalue weighted by molar-refractivity contribution is 0.296. The molecule has 1 aliphatic rings. The minimum atomic E-state index is -3.54. The number of sulfonamides is 1. The molecule has 0 bridgehead atoms. The monoisotopic (exact) mass is 521 g/mol. The third-order valence-electron chi connectivity index (χ3n) is 6.18. The zero-order chi connectivity index (χ0) is 25.1. The number of benzene rings is 2. The maximum absolute atomic E-state index is 13.0. The highest BCUT2D eigenvalue weighted by Gasteiger charge is 2.28. The summed E-state index contributed by atoms with van der Waals surface area (Å²) >= 11 is 1.46. The lowest BCUT2D eigenvalue weighted by Gasteiger charge is -2.30. The Hall–Kier alpha value is -3.38. The number of hydrogen-bond acceptors (Lipinski definition) is 9. The van der Waals surface area contributed by atoms with E-state index in [4.69, 9.17) is 5.73 Å². The minimum absolute atomic E-state index is 0.0180. The molecule has 0 unspecified atom stereocenters. The van der Waals surface area contributed by atoms with Gasteiger partial charge in [0.05, 0.1) is 15.1 Å². The highest BCUT2D eigenvalue weighted by atomic mass is 32.2. The van der Waals surface area contributed by atoms with E-state index in [1.54, 1.807) is 43.7 Å². The lowest BCUT2D eigenvalue weighted by Crippen LogP contribution is -2.43. The molecule has 9 nitrogen and oxygen atoms in total. The average Bonchev–Trinajstić information content (AvgIpc) is 3.28. The number of hydrogen-bond donors (Lipinski definition) is 3. The Bertz CT molecular complexity index is 1480. The third-order valence-corrected chi connectivity index (χ3v) is 8.95. The Kier molecular flexibility index (Phi) is 6.97. The van der Waals surface area contributed by atoms with Crippen LogP contribution >= 0.6 is 11.3 Å². The number of piperidine rings is 1. The van der Waals surface area contributed by atoms with Crippen molar-refractivity contribution in [3.63, 3.8) is 0 Å². The molecule has 1 aliphatic heterocycles. The van der Waals surface area contributed by atoms with Gasteiger partial charge < -0.3 is 16.4 Å². The number of nitrogen functional groups attached to an aromatic ring is 1. The predicted molar refractivity (Wildman–Crippen MR) is 146 cm³/mol. The Balaban J connectivity index is 1.22. The molecule has 0 atom stereocenters. The normalized spacial score (nSPS) is 15.2. The maximum Gasteiger partial charge on any atom is 0.243 e. The van der Waals surface area contributed by atoms with E-state index in [2.05, 4.69) is 25.6 Å². The van der Waals surface area contributed by atoms with Crippen LogP contribution in [0.4, 0.5) is 16.8 Å². The van der Waals surface area contributed by atoms with Crippen LogP contribution in [0.5, 0.6) is 0 Å². The second-order valence-electron chi connectivity index (χ2n) is 8.60. The predicted octanol–water partition coefficient (Wildman–Crippen LogP) is 3.96. The minimum Gasteiger partial charge on any atom is -0.375 e. The molecular weight excluding hydrogens is 494 g/mol. The molecule has 4 N–H and O–H groups in total. The van der Waals surface area contributed by atoms with Crippen molar-refractivity contribution in [3.8, 4) is 0 Å². The molecule has 36 heavy (non-hydrogen) atoms. The SMILES string of the molecule is CN(C1CCNCC1)S(=O)(=O)c1ccc(Nc2ncc(C=Cc3ccc4nc(N)sc4c3)cn2)cc1. The molecule has 0 saturated carbocycles. The van der Waals surface area contributed by atoms with Gasteiger partial charge in [-0.1, -0.05) is 29.6 Å². The Morgan fingerprint density at radius 2 is 1.75 bits per heavy atom. The van der Waals surface area contributed by atoms with Crippen molar-refractivity contribution >= 4 is 60.5 Å². The number of aromatic nitrogens is 3. The molecule has 0 aliphatic carbocycles. The van der Waals surface area contributed by atoms with Crippen molar-refractivity contribution in [1.29, 1.82) is 0 Å². The van der Waals surface area contributed by atoms with Gasteiger partial charge in [0.1, 0.15) is 0 Å². The summed E-state index contributed by atoms with van der Waals surface area (Å²) in [6, 6.07) is 12.7. The van der Waals surface area contributed by atoms with Crippen LogP contribution in [0, 0.1) is 0 Å². The molecule has 2 aromatic carbocycles. The van der Waals surface area contributed by atoms with Crippen molar-refractivity contribution in [3.05, 3.63) is 66.0 Å². The first-order chi connectivity index (χ1) is 17.4. The molecule has 5 rings (SSSR count). The van der Waals surface area contributed by atoms with Crippen LogP contribution in [0.25, 0.3) is 22.4 Å². The van der Waals surface area contributed by atoms with Crippen molar-refractivity contribution in [2.75, 3.05) is 31.2 Å². The van der Waals surface area contributed by atoms with E-state index in [1.165, 1.54) is 15.6 Å². The van der Waals surface area contributed by atoms with Crippen LogP contribution in [-0.4, -0.2) is 53.9 Å². The molecule has 0 spiro atoms. The first-order valence-electron chi connectivity index (χ1n) is 11.6. The Morgan fingerprint density at radius 1 is 1.06 bits per heavy atom. The fourth-order valence-electron chi connectivity index (χ4n) is 4.12. The number of nitrogens with zero attached hydrogens (tertiary/aromatic N) is 4. The fraction of sp³-hybridized carbons (Fsp3) is 0.240. The standard InChI is InChI=1S/C25H27N7O2S2/c1-32(20-10-12-27-13-11-20)36(33,34)21-7-5-19(6-8-21)30-25-28-15-18(16-29-25)3-2-17-4-9-22-23(14-17)35-24(26)31-22/h2-9,14-16,20,27H,10-13H2,1H3,(H2,26,31)(H,28,29,30). The smallest absolute Gasteiger partial charge is 0.243 e. The van der Waals surface area contributed by atoms with E-state index in [9.17, 15) is 8.42 Å². The molecule has 4 aromatic rings. The summed E-state index contributed by atoms with van der Waals surface area (Å²) in [4.78, 5) is 13.3. The van der Waals surface area contributed by atoms with Crippen LogP contribution in [0.2, 0.25) is 0 Å². The van der Waals surface area contributed by atoms with E-state index in [1.807, 2.05) is 30.4 Å². The molecular formula is C25H27N7O2S2. The first kappa shape index (κ1) is 24.3. The molecule has 3 heterocycles. The van der Waals surface area contributed by atoms with E-state index in [-0.39, 0.29) is 10.9 Å². The summed E-state index contributed by atoms with van der Waals surface area (Å²) in [5.74, 6) is 0.427. The Labute approximate surface area is 214 Å². The van der Waals surface area contributed by atoms with Crippen LogP contribution in [0.15, 0.2) is 59.8 Å². The topological polar surface area (TPSA) is 126 Å². The molecule has 11 heteroatoms. The summed E-state index contributed by atoms with van der Waals surface area (Å²) in [6.07, 6.45) is 9.00. The number of fused-ring (bicyclic) bond motifs is 1. The molecule has 1 fully saturated rings. The molecule has 1 saturated heterocycles. The largest absolute Gasteiger partial charge is 0.375 e. The van der Waals surface area contributed by atoms with E-state index in [0.29, 0.717) is 16.8 Å². The summed E-state index contributed by atoms with van der Waals surface area (Å²) in [6.45, 7) is 1.67. The number of rotatable bonds is 7. The third kappa shape index (κ3) is 5.39.